The van der Waals surface area contributed by atoms with Crippen molar-refractivity contribution in [3.63, 3.8) is 0 Å². The minimum atomic E-state index is -0.415. The fourth-order valence-corrected chi connectivity index (χ4v) is 1.49. The normalized spacial score (nSPS) is 10.4. The van der Waals surface area contributed by atoms with Crippen LogP contribution < -0.4 is 5.32 Å². The number of anilines is 1. The van der Waals surface area contributed by atoms with E-state index in [-0.39, 0.29) is 5.69 Å². The summed E-state index contributed by atoms with van der Waals surface area (Å²) in [5.41, 5.74) is 0.0398. The maximum Gasteiger partial charge on any atom is 0.330 e. The Morgan fingerprint density at radius 1 is 1.50 bits per heavy atom. The summed E-state index contributed by atoms with van der Waals surface area (Å²) in [6.45, 7) is 2.88. The maximum absolute atomic E-state index is 10.7. The zero-order valence-electron chi connectivity index (χ0n) is 9.77. The van der Waals surface area contributed by atoms with Crippen LogP contribution in [0.15, 0.2) is 6.20 Å². The Labute approximate surface area is 94.8 Å². The quantitative estimate of drug-likeness (QED) is 0.440. The molecule has 0 aliphatic carbocycles. The van der Waals surface area contributed by atoms with Gasteiger partial charge in [0.25, 0.3) is 0 Å². The third-order valence-electron chi connectivity index (χ3n) is 2.33. The third-order valence-corrected chi connectivity index (χ3v) is 2.33. The second kappa shape index (κ2) is 6.09. The Kier molecular flexibility index (Phi) is 4.75. The lowest BCUT2D eigenvalue weighted by Crippen LogP contribution is -2.04. The molecule has 1 aromatic heterocycles. The number of aromatic nitrogens is 2. The summed E-state index contributed by atoms with van der Waals surface area (Å²) in [6.07, 6.45) is 5.95. The summed E-state index contributed by atoms with van der Waals surface area (Å²) < 4.78 is 1.45. The maximum atomic E-state index is 10.7. The van der Waals surface area contributed by atoms with Gasteiger partial charge in [-0.15, -0.1) is 5.10 Å². The van der Waals surface area contributed by atoms with Gasteiger partial charge in [-0.25, -0.2) is 0 Å². The molecule has 0 aliphatic heterocycles. The molecule has 6 heteroatoms. The summed E-state index contributed by atoms with van der Waals surface area (Å²) in [6, 6.07) is 0. The van der Waals surface area contributed by atoms with E-state index in [9.17, 15) is 10.1 Å². The van der Waals surface area contributed by atoms with Crippen LogP contribution in [0.4, 0.5) is 11.5 Å². The number of aryl methyl sites for hydroxylation is 1. The van der Waals surface area contributed by atoms with Gasteiger partial charge in [0, 0.05) is 13.6 Å². The van der Waals surface area contributed by atoms with Gasteiger partial charge >= 0.3 is 5.69 Å². The number of rotatable bonds is 7. The number of hydrogen-bond donors (Lipinski definition) is 1. The molecule has 0 aromatic carbocycles. The van der Waals surface area contributed by atoms with E-state index in [2.05, 4.69) is 17.3 Å². The topological polar surface area (TPSA) is 73.0 Å². The van der Waals surface area contributed by atoms with Gasteiger partial charge in [-0.1, -0.05) is 26.2 Å². The molecular formula is C10H18N4O2. The molecule has 0 unspecified atom stereocenters. The van der Waals surface area contributed by atoms with E-state index >= 15 is 0 Å². The minimum absolute atomic E-state index is 0.0398. The van der Waals surface area contributed by atoms with Crippen LogP contribution in [0.3, 0.4) is 0 Å². The van der Waals surface area contributed by atoms with Crippen LogP contribution in [-0.4, -0.2) is 21.2 Å². The van der Waals surface area contributed by atoms with Gasteiger partial charge in [-0.2, -0.15) is 0 Å². The molecule has 1 heterocycles. The van der Waals surface area contributed by atoms with Crippen molar-refractivity contribution in [2.75, 3.05) is 11.9 Å². The van der Waals surface area contributed by atoms with Crippen molar-refractivity contribution < 1.29 is 4.92 Å². The number of hydrogen-bond acceptors (Lipinski definition) is 4. The average molecular weight is 226 g/mol. The molecule has 0 saturated carbocycles. The highest BCUT2D eigenvalue weighted by Gasteiger charge is 2.17. The van der Waals surface area contributed by atoms with Crippen LogP contribution in [0.5, 0.6) is 0 Å². The van der Waals surface area contributed by atoms with E-state index in [1.807, 2.05) is 0 Å². The molecule has 6 nitrogen and oxygen atoms in total. The number of unbranched alkanes of at least 4 members (excludes halogenated alkanes) is 3. The van der Waals surface area contributed by atoms with E-state index in [0.29, 0.717) is 5.82 Å². The number of nitro groups is 1. The van der Waals surface area contributed by atoms with Gasteiger partial charge in [0.2, 0.25) is 5.82 Å². The van der Waals surface area contributed by atoms with Gasteiger partial charge < -0.3 is 5.32 Å². The van der Waals surface area contributed by atoms with Crippen molar-refractivity contribution in [3.05, 3.63) is 16.3 Å². The Morgan fingerprint density at radius 3 is 2.88 bits per heavy atom. The summed E-state index contributed by atoms with van der Waals surface area (Å²) in [5, 5.41) is 17.7. The number of nitrogens with one attached hydrogen (secondary N) is 1. The molecule has 1 N–H and O–H groups in total. The molecule has 0 atom stereocenters. The van der Waals surface area contributed by atoms with E-state index in [4.69, 9.17) is 0 Å². The van der Waals surface area contributed by atoms with Gasteiger partial charge in [0.05, 0.1) is 4.92 Å². The third kappa shape index (κ3) is 3.52. The fraction of sp³-hybridized carbons (Fsp3) is 0.700. The van der Waals surface area contributed by atoms with Crippen LogP contribution in [0.1, 0.15) is 32.6 Å². The highest BCUT2D eigenvalue weighted by atomic mass is 16.6. The lowest BCUT2D eigenvalue weighted by molar-refractivity contribution is -0.384. The number of nitrogens with zero attached hydrogens (tertiary/aromatic N) is 3. The van der Waals surface area contributed by atoms with E-state index in [1.165, 1.54) is 23.7 Å². The lowest BCUT2D eigenvalue weighted by atomic mass is 10.2. The van der Waals surface area contributed by atoms with Crippen LogP contribution in [0.25, 0.3) is 0 Å². The lowest BCUT2D eigenvalue weighted by Gasteiger charge is -2.01. The molecular weight excluding hydrogens is 208 g/mol. The largest absolute Gasteiger partial charge is 0.363 e. The first-order valence-corrected chi connectivity index (χ1v) is 5.57. The predicted octanol–water partition coefficient (Wildman–Crippen LogP) is 2.32. The van der Waals surface area contributed by atoms with Crippen LogP contribution in [0.2, 0.25) is 0 Å². The van der Waals surface area contributed by atoms with E-state index in [0.717, 1.165) is 19.4 Å². The molecule has 90 valence electrons. The van der Waals surface area contributed by atoms with E-state index < -0.39 is 4.92 Å². The monoisotopic (exact) mass is 226 g/mol. The Morgan fingerprint density at radius 2 is 2.25 bits per heavy atom. The SMILES string of the molecule is CCCCCCNc1nn(C)cc1[N+](=O)[O-]. The first kappa shape index (κ1) is 12.5. The van der Waals surface area contributed by atoms with Crippen molar-refractivity contribution >= 4 is 11.5 Å². The molecule has 0 spiro atoms. The van der Waals surface area contributed by atoms with E-state index in [1.54, 1.807) is 7.05 Å². The first-order valence-electron chi connectivity index (χ1n) is 5.57. The second-order valence-corrected chi connectivity index (χ2v) is 3.78. The standard InChI is InChI=1S/C10H18N4O2/c1-3-4-5-6-7-11-10-9(14(15)16)8-13(2)12-10/h8H,3-7H2,1-2H3,(H,11,12). The Balaban J connectivity index is 2.44. The first-order chi connectivity index (χ1) is 7.65. The molecule has 0 fully saturated rings. The molecule has 1 aromatic rings. The minimum Gasteiger partial charge on any atom is -0.363 e. The summed E-state index contributed by atoms with van der Waals surface area (Å²) >= 11 is 0. The Hall–Kier alpha value is -1.59. The molecule has 1 rings (SSSR count). The summed E-state index contributed by atoms with van der Waals surface area (Å²) in [4.78, 5) is 10.3. The van der Waals surface area contributed by atoms with Crippen LogP contribution >= 0.6 is 0 Å². The zero-order chi connectivity index (χ0) is 12.0. The van der Waals surface area contributed by atoms with Crippen molar-refractivity contribution in [1.29, 1.82) is 0 Å². The van der Waals surface area contributed by atoms with Crippen LogP contribution in [0, 0.1) is 10.1 Å². The van der Waals surface area contributed by atoms with Crippen molar-refractivity contribution in [3.8, 4) is 0 Å². The smallest absolute Gasteiger partial charge is 0.330 e. The molecule has 0 bridgehead atoms. The van der Waals surface area contributed by atoms with Gasteiger partial charge in [-0.05, 0) is 6.42 Å². The molecule has 0 radical (unpaired) electrons. The molecule has 0 amide bonds. The van der Waals surface area contributed by atoms with Gasteiger partial charge in [0.15, 0.2) is 0 Å². The average Bonchev–Trinajstić information content (AvgIpc) is 2.59. The van der Waals surface area contributed by atoms with Gasteiger partial charge in [-0.3, -0.25) is 14.8 Å². The fourth-order valence-electron chi connectivity index (χ4n) is 1.49. The summed E-state index contributed by atoms with van der Waals surface area (Å²) in [7, 11) is 1.68. The molecule has 0 aliphatic rings. The highest BCUT2D eigenvalue weighted by molar-refractivity contribution is 5.54. The highest BCUT2D eigenvalue weighted by Crippen LogP contribution is 2.21. The van der Waals surface area contributed by atoms with Crippen molar-refractivity contribution in [2.45, 2.75) is 32.6 Å². The summed E-state index contributed by atoms with van der Waals surface area (Å²) in [5.74, 6) is 0.365. The van der Waals surface area contributed by atoms with Crippen molar-refractivity contribution in [1.82, 2.24) is 9.78 Å². The van der Waals surface area contributed by atoms with Crippen molar-refractivity contribution in [2.24, 2.45) is 7.05 Å². The van der Waals surface area contributed by atoms with Crippen LogP contribution in [-0.2, 0) is 7.05 Å². The molecule has 16 heavy (non-hydrogen) atoms. The molecule has 0 saturated heterocycles. The second-order valence-electron chi connectivity index (χ2n) is 3.78. The Bertz CT molecular complexity index is 349. The zero-order valence-corrected chi connectivity index (χ0v) is 9.77. The van der Waals surface area contributed by atoms with Gasteiger partial charge in [0.1, 0.15) is 6.20 Å². The predicted molar refractivity (Wildman–Crippen MR) is 62.5 cm³/mol.